The van der Waals surface area contributed by atoms with Crippen LogP contribution in [0, 0.1) is 10.1 Å². The fourth-order valence-corrected chi connectivity index (χ4v) is 2.44. The Bertz CT molecular complexity index is 522. The third kappa shape index (κ3) is 3.77. The number of methoxy groups -OCH3 is 2. The van der Waals surface area contributed by atoms with E-state index in [0.29, 0.717) is 5.75 Å². The van der Waals surface area contributed by atoms with Crippen LogP contribution in [0.15, 0.2) is 24.3 Å². The molecule has 0 bridgehead atoms. The van der Waals surface area contributed by atoms with Crippen molar-refractivity contribution in [1.29, 1.82) is 0 Å². The minimum absolute atomic E-state index is 0.0661. The Kier molecular flexibility index (Phi) is 5.85. The summed E-state index contributed by atoms with van der Waals surface area (Å²) in [6, 6.07) is 5.45. The molecule has 2 N–H and O–H groups in total. The summed E-state index contributed by atoms with van der Waals surface area (Å²) in [5.41, 5.74) is -0.0661. The van der Waals surface area contributed by atoms with Crippen molar-refractivity contribution in [3.05, 3.63) is 34.4 Å². The Morgan fingerprint density at radius 2 is 1.83 bits per heavy atom. The standard InChI is InChI=1S/C14H19NO8/c1-20-12-11(17)10(7-16)23-14(13(12)21-2)22-9-5-3-8(4-6-9)15(18)19/h3-6,10-14,16-17H,7H2,1-2H3/t10-,11+,12+,13-,14-/m1/s1. The monoisotopic (exact) mass is 329 g/mol. The molecule has 0 saturated carbocycles. The van der Waals surface area contributed by atoms with Gasteiger partial charge in [-0.05, 0) is 12.1 Å². The smallest absolute Gasteiger partial charge is 0.269 e. The lowest BCUT2D eigenvalue weighted by molar-refractivity contribution is -0.384. The molecule has 1 aromatic carbocycles. The second kappa shape index (κ2) is 7.66. The predicted octanol–water partition coefficient (Wildman–Crippen LogP) is 0.0817. The Hall–Kier alpha value is -1.78. The zero-order chi connectivity index (χ0) is 17.0. The first-order valence-corrected chi connectivity index (χ1v) is 6.93. The third-order valence-electron chi connectivity index (χ3n) is 3.64. The van der Waals surface area contributed by atoms with Crippen LogP contribution in [-0.2, 0) is 14.2 Å². The summed E-state index contributed by atoms with van der Waals surface area (Å²) in [5.74, 6) is 0.325. The molecule has 1 aromatic rings. The topological polar surface area (TPSA) is 121 Å². The van der Waals surface area contributed by atoms with Gasteiger partial charge in [0, 0.05) is 26.4 Å². The molecule has 0 amide bonds. The van der Waals surface area contributed by atoms with Crippen molar-refractivity contribution < 1.29 is 34.1 Å². The Morgan fingerprint density at radius 1 is 1.22 bits per heavy atom. The van der Waals surface area contributed by atoms with Crippen molar-refractivity contribution in [2.45, 2.75) is 30.7 Å². The highest BCUT2D eigenvalue weighted by molar-refractivity contribution is 5.36. The van der Waals surface area contributed by atoms with Gasteiger partial charge in [0.05, 0.1) is 11.5 Å². The highest BCUT2D eigenvalue weighted by atomic mass is 16.7. The van der Waals surface area contributed by atoms with Crippen LogP contribution in [-0.4, -0.2) is 66.7 Å². The molecule has 0 aromatic heterocycles. The number of nitro groups is 1. The van der Waals surface area contributed by atoms with Crippen LogP contribution >= 0.6 is 0 Å². The van der Waals surface area contributed by atoms with E-state index in [-0.39, 0.29) is 5.69 Å². The molecular weight excluding hydrogens is 310 g/mol. The number of nitrogens with zero attached hydrogens (tertiary/aromatic N) is 1. The highest BCUT2D eigenvalue weighted by Gasteiger charge is 2.47. The lowest BCUT2D eigenvalue weighted by Gasteiger charge is -2.42. The van der Waals surface area contributed by atoms with Crippen molar-refractivity contribution in [2.24, 2.45) is 0 Å². The molecule has 0 spiro atoms. The van der Waals surface area contributed by atoms with E-state index in [9.17, 15) is 20.3 Å². The van der Waals surface area contributed by atoms with Crippen LogP contribution in [0.25, 0.3) is 0 Å². The van der Waals surface area contributed by atoms with Gasteiger partial charge in [0.25, 0.3) is 5.69 Å². The summed E-state index contributed by atoms with van der Waals surface area (Å²) >= 11 is 0. The molecule has 5 atom stereocenters. The van der Waals surface area contributed by atoms with Crippen LogP contribution in [0.3, 0.4) is 0 Å². The van der Waals surface area contributed by atoms with Crippen molar-refractivity contribution in [2.75, 3.05) is 20.8 Å². The molecule has 0 aliphatic carbocycles. The molecule has 1 aliphatic rings. The quantitative estimate of drug-likeness (QED) is 0.556. The fourth-order valence-electron chi connectivity index (χ4n) is 2.44. The van der Waals surface area contributed by atoms with E-state index in [1.165, 1.54) is 38.5 Å². The normalized spacial score (nSPS) is 30.9. The first-order valence-electron chi connectivity index (χ1n) is 6.93. The molecule has 9 heteroatoms. The molecule has 0 unspecified atom stereocenters. The van der Waals surface area contributed by atoms with Gasteiger partial charge in [0.2, 0.25) is 6.29 Å². The Balaban J connectivity index is 2.16. The number of nitro benzene ring substituents is 1. The first-order chi connectivity index (χ1) is 11.0. The number of hydrogen-bond donors (Lipinski definition) is 2. The molecule has 1 aliphatic heterocycles. The number of rotatable bonds is 6. The van der Waals surface area contributed by atoms with E-state index in [1.54, 1.807) is 0 Å². The summed E-state index contributed by atoms with van der Waals surface area (Å²) in [6.07, 6.45) is -4.42. The molecule has 128 valence electrons. The Labute approximate surface area is 132 Å². The minimum Gasteiger partial charge on any atom is -0.462 e. The summed E-state index contributed by atoms with van der Waals surface area (Å²) in [4.78, 5) is 10.1. The molecule has 9 nitrogen and oxygen atoms in total. The maximum atomic E-state index is 10.6. The fraction of sp³-hybridized carbons (Fsp3) is 0.571. The molecule has 0 radical (unpaired) electrons. The molecular formula is C14H19NO8. The van der Waals surface area contributed by atoms with Crippen molar-refractivity contribution in [3.8, 4) is 5.75 Å². The van der Waals surface area contributed by atoms with Gasteiger partial charge in [-0.1, -0.05) is 0 Å². The van der Waals surface area contributed by atoms with Gasteiger partial charge in [-0.3, -0.25) is 10.1 Å². The second-order valence-electron chi connectivity index (χ2n) is 4.99. The van der Waals surface area contributed by atoms with Gasteiger partial charge in [-0.15, -0.1) is 0 Å². The van der Waals surface area contributed by atoms with Crippen LogP contribution < -0.4 is 4.74 Å². The van der Waals surface area contributed by atoms with Crippen LogP contribution in [0.4, 0.5) is 5.69 Å². The van der Waals surface area contributed by atoms with Crippen molar-refractivity contribution >= 4 is 5.69 Å². The third-order valence-corrected chi connectivity index (χ3v) is 3.64. The van der Waals surface area contributed by atoms with E-state index in [4.69, 9.17) is 18.9 Å². The summed E-state index contributed by atoms with van der Waals surface area (Å²) < 4.78 is 21.6. The maximum Gasteiger partial charge on any atom is 0.269 e. The van der Waals surface area contributed by atoms with E-state index < -0.39 is 42.2 Å². The van der Waals surface area contributed by atoms with Gasteiger partial charge in [0.15, 0.2) is 0 Å². The summed E-state index contributed by atoms with van der Waals surface area (Å²) in [5, 5.41) is 30.0. The number of aliphatic hydroxyl groups excluding tert-OH is 2. The summed E-state index contributed by atoms with van der Waals surface area (Å²) in [7, 11) is 2.82. The average Bonchev–Trinajstić information content (AvgIpc) is 2.56. The average molecular weight is 329 g/mol. The molecule has 1 fully saturated rings. The molecule has 23 heavy (non-hydrogen) atoms. The second-order valence-corrected chi connectivity index (χ2v) is 4.99. The lowest BCUT2D eigenvalue weighted by Crippen LogP contribution is -2.61. The SMILES string of the molecule is CO[C@H]1[C@H](Oc2ccc([N+](=O)[O-])cc2)O[C@H](CO)[C@H](O)[C@@H]1OC. The number of ether oxygens (including phenoxy) is 4. The van der Waals surface area contributed by atoms with Gasteiger partial charge >= 0.3 is 0 Å². The zero-order valence-electron chi connectivity index (χ0n) is 12.7. The number of aliphatic hydroxyl groups is 2. The molecule has 1 saturated heterocycles. The highest BCUT2D eigenvalue weighted by Crippen LogP contribution is 2.28. The van der Waals surface area contributed by atoms with Gasteiger partial charge in [0.1, 0.15) is 30.2 Å². The van der Waals surface area contributed by atoms with Crippen LogP contribution in [0.2, 0.25) is 0 Å². The number of benzene rings is 1. The summed E-state index contributed by atoms with van der Waals surface area (Å²) in [6.45, 7) is -0.419. The van der Waals surface area contributed by atoms with Crippen molar-refractivity contribution in [1.82, 2.24) is 0 Å². The number of non-ortho nitro benzene ring substituents is 1. The Morgan fingerprint density at radius 3 is 2.30 bits per heavy atom. The largest absolute Gasteiger partial charge is 0.462 e. The van der Waals surface area contributed by atoms with E-state index in [1.807, 2.05) is 0 Å². The molecule has 1 heterocycles. The zero-order valence-corrected chi connectivity index (χ0v) is 12.7. The number of hydrogen-bond acceptors (Lipinski definition) is 8. The van der Waals surface area contributed by atoms with Crippen LogP contribution in [0.1, 0.15) is 0 Å². The lowest BCUT2D eigenvalue weighted by atomic mass is 9.99. The van der Waals surface area contributed by atoms with Crippen molar-refractivity contribution in [3.63, 3.8) is 0 Å². The van der Waals surface area contributed by atoms with Gasteiger partial charge < -0.3 is 29.2 Å². The van der Waals surface area contributed by atoms with E-state index in [2.05, 4.69) is 0 Å². The predicted molar refractivity (Wildman–Crippen MR) is 77.1 cm³/mol. The van der Waals surface area contributed by atoms with E-state index >= 15 is 0 Å². The van der Waals surface area contributed by atoms with Crippen LogP contribution in [0.5, 0.6) is 5.75 Å². The molecule has 2 rings (SSSR count). The first kappa shape index (κ1) is 17.6. The van der Waals surface area contributed by atoms with Gasteiger partial charge in [-0.2, -0.15) is 0 Å². The van der Waals surface area contributed by atoms with Gasteiger partial charge in [-0.25, -0.2) is 0 Å². The maximum absolute atomic E-state index is 10.6. The van der Waals surface area contributed by atoms with E-state index in [0.717, 1.165) is 0 Å². The minimum atomic E-state index is -1.08.